The molecule has 0 aromatic rings. The molecule has 0 saturated heterocycles. The van der Waals surface area contributed by atoms with Crippen molar-refractivity contribution in [2.45, 2.75) is 12.2 Å². The van der Waals surface area contributed by atoms with Gasteiger partial charge in [0.25, 0.3) is 0 Å². The Hall–Kier alpha value is -0.330. The van der Waals surface area contributed by atoms with Crippen LogP contribution in [0.25, 0.3) is 0 Å². The third-order valence-electron chi connectivity index (χ3n) is 1.52. The van der Waals surface area contributed by atoms with Gasteiger partial charge in [-0.15, -0.1) is 11.6 Å². The van der Waals surface area contributed by atoms with Crippen LogP contribution in [0.2, 0.25) is 0 Å². The molecule has 2 N–H and O–H groups in total. The highest BCUT2D eigenvalue weighted by Gasteiger charge is 2.18. The van der Waals surface area contributed by atoms with Gasteiger partial charge in [-0.2, -0.15) is 0 Å². The summed E-state index contributed by atoms with van der Waals surface area (Å²) in [5, 5.41) is 1.72. The standard InChI is InChI=1S/C6H13ClN2O3S/c1-5(13(11,12)8-2)4-9-6(10)3-7/h5,8H,3-4H2,1-2H3,(H,9,10)/t5-/m0/s1. The first-order valence-electron chi connectivity index (χ1n) is 3.69. The molecule has 0 heterocycles. The summed E-state index contributed by atoms with van der Waals surface area (Å²) in [5.41, 5.74) is 0. The molecular formula is C6H13ClN2O3S. The zero-order chi connectivity index (χ0) is 10.5. The lowest BCUT2D eigenvalue weighted by Gasteiger charge is -2.11. The van der Waals surface area contributed by atoms with Crippen molar-refractivity contribution in [2.75, 3.05) is 19.5 Å². The van der Waals surface area contributed by atoms with E-state index in [1.807, 2.05) is 0 Å². The monoisotopic (exact) mass is 228 g/mol. The minimum atomic E-state index is -3.31. The molecule has 13 heavy (non-hydrogen) atoms. The number of halogens is 1. The van der Waals surface area contributed by atoms with Crippen molar-refractivity contribution in [1.82, 2.24) is 10.0 Å². The number of hydrogen-bond acceptors (Lipinski definition) is 3. The predicted molar refractivity (Wildman–Crippen MR) is 51.2 cm³/mol. The van der Waals surface area contributed by atoms with Crippen molar-refractivity contribution < 1.29 is 13.2 Å². The zero-order valence-electron chi connectivity index (χ0n) is 7.50. The Kier molecular flexibility index (Phi) is 5.27. The summed E-state index contributed by atoms with van der Waals surface area (Å²) < 4.78 is 24.4. The molecule has 0 saturated carbocycles. The van der Waals surface area contributed by atoms with E-state index in [4.69, 9.17) is 11.6 Å². The average Bonchev–Trinajstić information content (AvgIpc) is 2.13. The van der Waals surface area contributed by atoms with Crippen LogP contribution in [0.4, 0.5) is 0 Å². The first kappa shape index (κ1) is 12.7. The second-order valence-electron chi connectivity index (χ2n) is 2.50. The van der Waals surface area contributed by atoms with Crippen LogP contribution in [0, 0.1) is 0 Å². The maximum atomic E-state index is 11.1. The molecule has 0 unspecified atom stereocenters. The Labute approximate surface area is 82.9 Å². The van der Waals surface area contributed by atoms with E-state index in [1.165, 1.54) is 14.0 Å². The summed E-state index contributed by atoms with van der Waals surface area (Å²) in [4.78, 5) is 10.7. The fraction of sp³-hybridized carbons (Fsp3) is 0.833. The van der Waals surface area contributed by atoms with Crippen molar-refractivity contribution in [2.24, 2.45) is 0 Å². The highest BCUT2D eigenvalue weighted by Crippen LogP contribution is 1.94. The summed E-state index contributed by atoms with van der Waals surface area (Å²) in [5.74, 6) is -0.536. The Morgan fingerprint density at radius 3 is 2.46 bits per heavy atom. The highest BCUT2D eigenvalue weighted by molar-refractivity contribution is 7.90. The van der Waals surface area contributed by atoms with E-state index in [9.17, 15) is 13.2 Å². The lowest BCUT2D eigenvalue weighted by Crippen LogP contribution is -2.39. The van der Waals surface area contributed by atoms with Gasteiger partial charge >= 0.3 is 0 Å². The Bertz CT molecular complexity index is 265. The van der Waals surface area contributed by atoms with Crippen LogP contribution >= 0.6 is 11.6 Å². The third kappa shape index (κ3) is 4.44. The second kappa shape index (κ2) is 5.41. The van der Waals surface area contributed by atoms with E-state index in [-0.39, 0.29) is 18.3 Å². The lowest BCUT2D eigenvalue weighted by molar-refractivity contribution is -0.118. The molecule has 0 radical (unpaired) electrons. The minimum absolute atomic E-state index is 0.0642. The molecule has 0 rings (SSSR count). The van der Waals surface area contributed by atoms with E-state index < -0.39 is 15.3 Å². The molecule has 0 fully saturated rings. The molecule has 0 aliphatic heterocycles. The smallest absolute Gasteiger partial charge is 0.234 e. The maximum Gasteiger partial charge on any atom is 0.234 e. The van der Waals surface area contributed by atoms with E-state index in [1.54, 1.807) is 0 Å². The third-order valence-corrected chi connectivity index (χ3v) is 3.56. The largest absolute Gasteiger partial charge is 0.354 e. The normalized spacial score (nSPS) is 13.8. The van der Waals surface area contributed by atoms with Crippen LogP contribution < -0.4 is 10.0 Å². The molecular weight excluding hydrogens is 216 g/mol. The molecule has 0 aliphatic rings. The van der Waals surface area contributed by atoms with Gasteiger partial charge in [0.2, 0.25) is 15.9 Å². The summed E-state index contributed by atoms with van der Waals surface area (Å²) >= 11 is 5.21. The number of rotatable bonds is 5. The quantitative estimate of drug-likeness (QED) is 0.610. The zero-order valence-corrected chi connectivity index (χ0v) is 9.07. The van der Waals surface area contributed by atoms with Gasteiger partial charge in [-0.25, -0.2) is 13.1 Å². The summed E-state index contributed by atoms with van der Waals surface area (Å²) in [7, 11) is -1.98. The van der Waals surface area contributed by atoms with Crippen molar-refractivity contribution in [3.63, 3.8) is 0 Å². The lowest BCUT2D eigenvalue weighted by atomic mass is 10.4. The number of sulfonamides is 1. The van der Waals surface area contributed by atoms with Crippen LogP contribution in [0.15, 0.2) is 0 Å². The van der Waals surface area contributed by atoms with E-state index in [2.05, 4.69) is 10.0 Å². The molecule has 5 nitrogen and oxygen atoms in total. The highest BCUT2D eigenvalue weighted by atomic mass is 35.5. The van der Waals surface area contributed by atoms with Gasteiger partial charge in [0.05, 0.1) is 5.25 Å². The fourth-order valence-corrected chi connectivity index (χ4v) is 1.42. The van der Waals surface area contributed by atoms with E-state index in [0.717, 1.165) is 0 Å². The van der Waals surface area contributed by atoms with Gasteiger partial charge in [0, 0.05) is 6.54 Å². The second-order valence-corrected chi connectivity index (χ2v) is 5.07. The van der Waals surface area contributed by atoms with Crippen LogP contribution in [0.3, 0.4) is 0 Å². The van der Waals surface area contributed by atoms with Crippen molar-refractivity contribution in [3.8, 4) is 0 Å². The Balaban J connectivity index is 4.02. The van der Waals surface area contributed by atoms with Gasteiger partial charge in [0.1, 0.15) is 5.88 Å². The molecule has 0 aromatic heterocycles. The maximum absolute atomic E-state index is 11.1. The summed E-state index contributed by atoms with van der Waals surface area (Å²) in [6.45, 7) is 1.56. The van der Waals surface area contributed by atoms with Crippen LogP contribution in [-0.2, 0) is 14.8 Å². The summed E-state index contributed by atoms with van der Waals surface area (Å²) in [6, 6.07) is 0. The van der Waals surface area contributed by atoms with Gasteiger partial charge in [-0.05, 0) is 14.0 Å². The van der Waals surface area contributed by atoms with Gasteiger partial charge in [-0.3, -0.25) is 4.79 Å². The molecule has 7 heteroatoms. The van der Waals surface area contributed by atoms with Crippen LogP contribution in [0.1, 0.15) is 6.92 Å². The first-order chi connectivity index (χ1) is 5.94. The van der Waals surface area contributed by atoms with Crippen molar-refractivity contribution in [1.29, 1.82) is 0 Å². The fourth-order valence-electron chi connectivity index (χ4n) is 0.616. The topological polar surface area (TPSA) is 75.3 Å². The van der Waals surface area contributed by atoms with Crippen molar-refractivity contribution >= 4 is 27.5 Å². The SMILES string of the molecule is CNS(=O)(=O)[C@@H](C)CNC(=O)CCl. The van der Waals surface area contributed by atoms with E-state index in [0.29, 0.717) is 0 Å². The number of amides is 1. The van der Waals surface area contributed by atoms with Crippen molar-refractivity contribution in [3.05, 3.63) is 0 Å². The number of nitrogens with one attached hydrogen (secondary N) is 2. The molecule has 1 atom stereocenters. The van der Waals surface area contributed by atoms with Crippen LogP contribution in [-0.4, -0.2) is 39.0 Å². The van der Waals surface area contributed by atoms with Gasteiger partial charge < -0.3 is 5.32 Å². The number of hydrogen-bond donors (Lipinski definition) is 2. The number of carbonyl (C=O) groups is 1. The molecule has 0 aromatic carbocycles. The molecule has 0 bridgehead atoms. The number of carbonyl (C=O) groups excluding carboxylic acids is 1. The van der Waals surface area contributed by atoms with Crippen LogP contribution in [0.5, 0.6) is 0 Å². The molecule has 0 aliphatic carbocycles. The van der Waals surface area contributed by atoms with Gasteiger partial charge in [-0.1, -0.05) is 0 Å². The van der Waals surface area contributed by atoms with E-state index >= 15 is 0 Å². The molecule has 1 amide bonds. The first-order valence-corrected chi connectivity index (χ1v) is 5.77. The van der Waals surface area contributed by atoms with Gasteiger partial charge in [0.15, 0.2) is 0 Å². The Morgan fingerprint density at radius 1 is 1.54 bits per heavy atom. The Morgan fingerprint density at radius 2 is 2.08 bits per heavy atom. The molecule has 0 spiro atoms. The average molecular weight is 229 g/mol. The minimum Gasteiger partial charge on any atom is -0.354 e. The number of alkyl halides is 1. The molecule has 78 valence electrons. The summed E-state index contributed by atoms with van der Waals surface area (Å²) in [6.07, 6.45) is 0. The predicted octanol–water partition coefficient (Wildman–Crippen LogP) is -0.721.